The Morgan fingerprint density at radius 1 is 1.23 bits per heavy atom. The van der Waals surface area contributed by atoms with E-state index < -0.39 is 0 Å². The van der Waals surface area contributed by atoms with Crippen molar-refractivity contribution in [3.63, 3.8) is 0 Å². The zero-order valence-electron chi connectivity index (χ0n) is 14.4. The molecule has 4 nitrogen and oxygen atoms in total. The van der Waals surface area contributed by atoms with E-state index in [0.717, 1.165) is 24.0 Å². The molecule has 0 bridgehead atoms. The van der Waals surface area contributed by atoms with Crippen molar-refractivity contribution < 1.29 is 0 Å². The number of fused-ring (bicyclic) bond motifs is 1. The van der Waals surface area contributed by atoms with E-state index in [9.17, 15) is 4.79 Å². The molecular formula is C17H27N3OS. The van der Waals surface area contributed by atoms with Gasteiger partial charge in [-0.1, -0.05) is 19.9 Å². The summed E-state index contributed by atoms with van der Waals surface area (Å²) in [4.78, 5) is 12.0. The van der Waals surface area contributed by atoms with E-state index in [2.05, 4.69) is 44.5 Å². The molecule has 2 rings (SSSR count). The van der Waals surface area contributed by atoms with E-state index in [1.807, 2.05) is 31.9 Å². The molecule has 0 fully saturated rings. The molecule has 0 aliphatic carbocycles. The van der Waals surface area contributed by atoms with Crippen LogP contribution >= 0.6 is 11.8 Å². The fraction of sp³-hybridized carbons (Fsp3) is 0.588. The number of hydrogen-bond acceptors (Lipinski definition) is 3. The summed E-state index contributed by atoms with van der Waals surface area (Å²) in [6.07, 6.45) is 3.29. The van der Waals surface area contributed by atoms with Crippen LogP contribution in [0.2, 0.25) is 0 Å². The second-order valence-electron chi connectivity index (χ2n) is 6.67. The van der Waals surface area contributed by atoms with Gasteiger partial charge in [0.25, 0.3) is 0 Å². The lowest BCUT2D eigenvalue weighted by Crippen LogP contribution is -2.32. The summed E-state index contributed by atoms with van der Waals surface area (Å²) in [5.74, 6) is 0. The van der Waals surface area contributed by atoms with Gasteiger partial charge in [-0.2, -0.15) is 11.8 Å². The van der Waals surface area contributed by atoms with E-state index in [1.54, 1.807) is 9.13 Å². The van der Waals surface area contributed by atoms with E-state index in [0.29, 0.717) is 10.8 Å². The molecule has 122 valence electrons. The first-order valence-electron chi connectivity index (χ1n) is 7.68. The van der Waals surface area contributed by atoms with Gasteiger partial charge in [-0.05, 0) is 37.3 Å². The molecule has 22 heavy (non-hydrogen) atoms. The molecule has 1 atom stereocenters. The van der Waals surface area contributed by atoms with Crippen LogP contribution in [0.4, 0.5) is 0 Å². The normalized spacial score (nSPS) is 13.7. The van der Waals surface area contributed by atoms with Crippen LogP contribution < -0.4 is 11.0 Å². The third-order valence-corrected chi connectivity index (χ3v) is 5.61. The molecule has 0 unspecified atom stereocenters. The molecule has 1 N–H and O–H groups in total. The Balaban J connectivity index is 2.10. The van der Waals surface area contributed by atoms with Gasteiger partial charge in [0.15, 0.2) is 0 Å². The zero-order chi connectivity index (χ0) is 16.5. The van der Waals surface area contributed by atoms with E-state index in [-0.39, 0.29) is 5.69 Å². The number of imidazole rings is 1. The first-order valence-corrected chi connectivity index (χ1v) is 8.90. The Bertz CT molecular complexity index is 714. The van der Waals surface area contributed by atoms with E-state index in [1.165, 1.54) is 5.56 Å². The van der Waals surface area contributed by atoms with Gasteiger partial charge in [-0.15, -0.1) is 0 Å². The highest BCUT2D eigenvalue weighted by Gasteiger charge is 2.19. The van der Waals surface area contributed by atoms with Crippen LogP contribution in [0.3, 0.4) is 0 Å². The summed E-state index contributed by atoms with van der Waals surface area (Å²) >= 11 is 1.90. The van der Waals surface area contributed by atoms with Gasteiger partial charge in [-0.25, -0.2) is 4.79 Å². The third-order valence-electron chi connectivity index (χ3n) is 4.34. The van der Waals surface area contributed by atoms with Crippen molar-refractivity contribution in [3.05, 3.63) is 34.2 Å². The highest BCUT2D eigenvalue weighted by molar-refractivity contribution is 7.99. The molecule has 2 aromatic rings. The van der Waals surface area contributed by atoms with E-state index >= 15 is 0 Å². The largest absolute Gasteiger partial charge is 0.328 e. The molecule has 1 aromatic carbocycles. The van der Waals surface area contributed by atoms with Crippen molar-refractivity contribution in [3.8, 4) is 0 Å². The molecule has 1 aromatic heterocycles. The van der Waals surface area contributed by atoms with Crippen molar-refractivity contribution in [1.29, 1.82) is 0 Å². The second kappa shape index (κ2) is 6.50. The minimum atomic E-state index is 0.0233. The quantitative estimate of drug-likeness (QED) is 0.889. The number of nitrogens with zero attached hydrogens (tertiary/aromatic N) is 2. The first-order chi connectivity index (χ1) is 10.2. The minimum Gasteiger partial charge on any atom is -0.310 e. The molecule has 0 saturated carbocycles. The van der Waals surface area contributed by atoms with Crippen molar-refractivity contribution >= 4 is 22.8 Å². The van der Waals surface area contributed by atoms with Crippen LogP contribution in [-0.4, -0.2) is 26.2 Å². The van der Waals surface area contributed by atoms with Crippen LogP contribution in [0.15, 0.2) is 23.0 Å². The number of aryl methyl sites for hydroxylation is 2. The van der Waals surface area contributed by atoms with Crippen LogP contribution in [0, 0.1) is 0 Å². The molecule has 0 aliphatic heterocycles. The summed E-state index contributed by atoms with van der Waals surface area (Å²) in [5, 5.41) is 3.59. The molecule has 0 amide bonds. The fourth-order valence-electron chi connectivity index (χ4n) is 2.85. The molecular weight excluding hydrogens is 294 g/mol. The number of aromatic nitrogens is 2. The van der Waals surface area contributed by atoms with Gasteiger partial charge in [0.1, 0.15) is 0 Å². The predicted molar refractivity (Wildman–Crippen MR) is 96.7 cm³/mol. The van der Waals surface area contributed by atoms with Crippen LogP contribution in [-0.2, 0) is 20.6 Å². The Hall–Kier alpha value is -1.20. The Morgan fingerprint density at radius 2 is 1.86 bits per heavy atom. The number of rotatable bonds is 6. The Labute approximate surface area is 136 Å². The standard InChI is InChI=1S/C17H27N3OS/c1-12(10-17(2,3)22-6)18-11-13-7-8-14-15(9-13)20(5)16(21)19(14)4/h7-9,12,18H,10-11H2,1-6H3/t12-/m1/s1. The maximum absolute atomic E-state index is 12.0. The summed E-state index contributed by atoms with van der Waals surface area (Å²) in [7, 11) is 3.64. The molecule has 0 radical (unpaired) electrons. The van der Waals surface area contributed by atoms with E-state index in [4.69, 9.17) is 0 Å². The highest BCUT2D eigenvalue weighted by atomic mass is 32.2. The average Bonchev–Trinajstić information content (AvgIpc) is 2.69. The smallest absolute Gasteiger partial charge is 0.310 e. The summed E-state index contributed by atoms with van der Waals surface area (Å²) in [6, 6.07) is 6.69. The topological polar surface area (TPSA) is 39.0 Å². The van der Waals surface area contributed by atoms with Crippen molar-refractivity contribution in [2.45, 2.75) is 44.5 Å². The van der Waals surface area contributed by atoms with Crippen LogP contribution in [0.1, 0.15) is 32.8 Å². The lowest BCUT2D eigenvalue weighted by molar-refractivity contribution is 0.466. The molecule has 0 spiro atoms. The van der Waals surface area contributed by atoms with Gasteiger partial charge in [-0.3, -0.25) is 9.13 Å². The SMILES string of the molecule is CSC(C)(C)C[C@@H](C)NCc1ccc2c(c1)n(C)c(=O)n2C. The van der Waals surface area contributed by atoms with Gasteiger partial charge < -0.3 is 5.32 Å². The van der Waals surface area contributed by atoms with Gasteiger partial charge >= 0.3 is 5.69 Å². The predicted octanol–water partition coefficient (Wildman–Crippen LogP) is 2.89. The molecule has 0 saturated heterocycles. The molecule has 1 heterocycles. The van der Waals surface area contributed by atoms with Crippen molar-refractivity contribution in [1.82, 2.24) is 14.5 Å². The third kappa shape index (κ3) is 3.58. The summed E-state index contributed by atoms with van der Waals surface area (Å²) < 4.78 is 3.69. The van der Waals surface area contributed by atoms with Crippen molar-refractivity contribution in [2.24, 2.45) is 14.1 Å². The first kappa shape index (κ1) is 17.2. The van der Waals surface area contributed by atoms with Gasteiger partial charge in [0, 0.05) is 31.4 Å². The average molecular weight is 321 g/mol. The zero-order valence-corrected chi connectivity index (χ0v) is 15.3. The van der Waals surface area contributed by atoms with Crippen LogP contribution in [0.25, 0.3) is 11.0 Å². The molecule has 5 heteroatoms. The number of benzene rings is 1. The maximum Gasteiger partial charge on any atom is 0.328 e. The monoisotopic (exact) mass is 321 g/mol. The number of thioether (sulfide) groups is 1. The van der Waals surface area contributed by atoms with Gasteiger partial charge in [0.05, 0.1) is 11.0 Å². The maximum atomic E-state index is 12.0. The second-order valence-corrected chi connectivity index (χ2v) is 8.19. The van der Waals surface area contributed by atoms with Crippen molar-refractivity contribution in [2.75, 3.05) is 6.26 Å². The summed E-state index contributed by atoms with van der Waals surface area (Å²) in [5.41, 5.74) is 3.20. The highest BCUT2D eigenvalue weighted by Crippen LogP contribution is 2.26. The summed E-state index contributed by atoms with van der Waals surface area (Å²) in [6.45, 7) is 7.61. The Kier molecular flexibility index (Phi) is 5.07. The lowest BCUT2D eigenvalue weighted by Gasteiger charge is -2.26. The fourth-order valence-corrected chi connectivity index (χ4v) is 3.26. The number of nitrogens with one attached hydrogen (secondary N) is 1. The Morgan fingerprint density at radius 3 is 2.50 bits per heavy atom. The minimum absolute atomic E-state index is 0.0233. The molecule has 0 aliphatic rings. The van der Waals surface area contributed by atoms with Gasteiger partial charge in [0.2, 0.25) is 0 Å². The lowest BCUT2D eigenvalue weighted by atomic mass is 10.0. The van der Waals surface area contributed by atoms with Crippen LogP contribution in [0.5, 0.6) is 0 Å². The number of hydrogen-bond donors (Lipinski definition) is 1.